The Balaban J connectivity index is 2.04. The molecule has 0 bridgehead atoms. The highest BCUT2D eigenvalue weighted by atomic mass is 16.5. The normalized spacial score (nSPS) is 11.6. The molecule has 0 unspecified atom stereocenters. The topological polar surface area (TPSA) is 81.4 Å². The molecule has 0 saturated heterocycles. The zero-order chi connectivity index (χ0) is 13.7. The lowest BCUT2D eigenvalue weighted by Gasteiger charge is -2.03. The van der Waals surface area contributed by atoms with Crippen LogP contribution in [0.3, 0.4) is 0 Å². The monoisotopic (exact) mass is 261 g/mol. The Bertz CT molecular complexity index is 605. The van der Waals surface area contributed by atoms with Gasteiger partial charge in [0.25, 0.3) is 0 Å². The number of nitrogens with zero attached hydrogens (tertiary/aromatic N) is 4. The van der Waals surface area contributed by atoms with Crippen LogP contribution in [0.2, 0.25) is 0 Å². The number of carbonyl (C=O) groups is 1. The van der Waals surface area contributed by atoms with Crippen molar-refractivity contribution in [2.45, 2.75) is 20.4 Å². The van der Waals surface area contributed by atoms with E-state index in [1.54, 1.807) is 18.5 Å². The fourth-order valence-electron chi connectivity index (χ4n) is 1.59. The fraction of sp³-hybridized carbons (Fsp3) is 0.333. The lowest BCUT2D eigenvalue weighted by Crippen LogP contribution is -2.21. The minimum atomic E-state index is -0.565. The molecule has 0 saturated carbocycles. The number of nitrogens with one attached hydrogen (secondary N) is 1. The van der Waals surface area contributed by atoms with E-state index in [9.17, 15) is 4.79 Å². The molecule has 19 heavy (non-hydrogen) atoms. The molecule has 0 radical (unpaired) electrons. The number of hydrogen-bond donors (Lipinski definition) is 1. The standard InChI is InChI=1S/C12H15N5O2/c1-3-19-12(18)15-13-9(2)8-17-11-7-5-4-6-10(11)14-16-17/h4-7H,3,8H2,1-2H3,(H,15,18)/b13-9-. The number of para-hydroxylation sites is 1. The van der Waals surface area contributed by atoms with Gasteiger partial charge in [-0.15, -0.1) is 5.10 Å². The lowest BCUT2D eigenvalue weighted by atomic mass is 10.3. The Kier molecular flexibility index (Phi) is 4.07. The first kappa shape index (κ1) is 13.0. The molecule has 7 nitrogen and oxygen atoms in total. The summed E-state index contributed by atoms with van der Waals surface area (Å²) in [4.78, 5) is 11.1. The summed E-state index contributed by atoms with van der Waals surface area (Å²) in [6, 6.07) is 7.65. The molecule has 1 heterocycles. The SMILES string of the molecule is CCOC(=O)N/N=C(/C)Cn1nnc2ccccc21. The second-order valence-corrected chi connectivity index (χ2v) is 3.92. The third-order valence-corrected chi connectivity index (χ3v) is 2.41. The van der Waals surface area contributed by atoms with Gasteiger partial charge in [-0.2, -0.15) is 5.10 Å². The number of rotatable bonds is 4. The number of amides is 1. The molecule has 1 aromatic heterocycles. The molecule has 0 fully saturated rings. The summed E-state index contributed by atoms with van der Waals surface area (Å²) < 4.78 is 6.43. The van der Waals surface area contributed by atoms with Crippen molar-refractivity contribution in [1.82, 2.24) is 20.4 Å². The van der Waals surface area contributed by atoms with Crippen LogP contribution in [0.15, 0.2) is 29.4 Å². The Labute approximate surface area is 110 Å². The van der Waals surface area contributed by atoms with Crippen LogP contribution in [-0.2, 0) is 11.3 Å². The molecule has 1 aromatic carbocycles. The summed E-state index contributed by atoms with van der Waals surface area (Å²) in [5.74, 6) is 0. The zero-order valence-electron chi connectivity index (χ0n) is 10.8. The van der Waals surface area contributed by atoms with Gasteiger partial charge >= 0.3 is 6.09 Å². The number of carbonyl (C=O) groups excluding carboxylic acids is 1. The van der Waals surface area contributed by atoms with E-state index in [1.165, 1.54) is 0 Å². The molecule has 0 aliphatic heterocycles. The van der Waals surface area contributed by atoms with Gasteiger partial charge < -0.3 is 4.74 Å². The van der Waals surface area contributed by atoms with Crippen molar-refractivity contribution < 1.29 is 9.53 Å². The van der Waals surface area contributed by atoms with Gasteiger partial charge in [0.1, 0.15) is 5.52 Å². The first-order chi connectivity index (χ1) is 9.20. The third-order valence-electron chi connectivity index (χ3n) is 2.41. The Morgan fingerprint density at radius 2 is 2.26 bits per heavy atom. The van der Waals surface area contributed by atoms with Gasteiger partial charge in [-0.3, -0.25) is 0 Å². The largest absolute Gasteiger partial charge is 0.449 e. The Morgan fingerprint density at radius 1 is 1.47 bits per heavy atom. The summed E-state index contributed by atoms with van der Waals surface area (Å²) in [6.45, 7) is 4.29. The van der Waals surface area contributed by atoms with Crippen molar-refractivity contribution in [2.24, 2.45) is 5.10 Å². The summed E-state index contributed by atoms with van der Waals surface area (Å²) in [5, 5.41) is 12.0. The molecular weight excluding hydrogens is 246 g/mol. The van der Waals surface area contributed by atoms with Crippen LogP contribution in [0, 0.1) is 0 Å². The summed E-state index contributed by atoms with van der Waals surface area (Å²) in [5.41, 5.74) is 4.76. The van der Waals surface area contributed by atoms with Crippen LogP contribution in [0.4, 0.5) is 4.79 Å². The van der Waals surface area contributed by atoms with E-state index in [-0.39, 0.29) is 0 Å². The van der Waals surface area contributed by atoms with E-state index in [2.05, 4.69) is 20.8 Å². The first-order valence-corrected chi connectivity index (χ1v) is 5.95. The number of aromatic nitrogens is 3. The van der Waals surface area contributed by atoms with Crippen LogP contribution in [-0.4, -0.2) is 33.4 Å². The van der Waals surface area contributed by atoms with Gasteiger partial charge in [0.2, 0.25) is 0 Å². The molecule has 0 spiro atoms. The second-order valence-electron chi connectivity index (χ2n) is 3.92. The highest BCUT2D eigenvalue weighted by molar-refractivity contribution is 5.84. The van der Waals surface area contributed by atoms with Crippen molar-refractivity contribution in [2.75, 3.05) is 6.61 Å². The van der Waals surface area contributed by atoms with Crippen molar-refractivity contribution in [3.05, 3.63) is 24.3 Å². The predicted octanol–water partition coefficient (Wildman–Crippen LogP) is 1.55. The zero-order valence-corrected chi connectivity index (χ0v) is 10.8. The van der Waals surface area contributed by atoms with E-state index in [1.807, 2.05) is 24.3 Å². The Hall–Kier alpha value is -2.44. The van der Waals surface area contributed by atoms with Crippen LogP contribution in [0.1, 0.15) is 13.8 Å². The predicted molar refractivity (Wildman–Crippen MR) is 70.8 cm³/mol. The van der Waals surface area contributed by atoms with Gasteiger partial charge in [0, 0.05) is 0 Å². The molecule has 2 rings (SSSR count). The van der Waals surface area contributed by atoms with E-state index < -0.39 is 6.09 Å². The molecule has 7 heteroatoms. The summed E-state index contributed by atoms with van der Waals surface area (Å²) in [6.07, 6.45) is -0.565. The van der Waals surface area contributed by atoms with Crippen LogP contribution in [0.25, 0.3) is 11.0 Å². The third kappa shape index (κ3) is 3.27. The highest BCUT2D eigenvalue weighted by Gasteiger charge is 2.05. The maximum Gasteiger partial charge on any atom is 0.427 e. The average molecular weight is 261 g/mol. The minimum Gasteiger partial charge on any atom is -0.449 e. The number of hydrazone groups is 1. The molecule has 1 N–H and O–H groups in total. The maximum atomic E-state index is 11.1. The van der Waals surface area contributed by atoms with Crippen molar-refractivity contribution in [3.63, 3.8) is 0 Å². The average Bonchev–Trinajstić information content (AvgIpc) is 2.80. The van der Waals surface area contributed by atoms with E-state index in [0.29, 0.717) is 18.9 Å². The maximum absolute atomic E-state index is 11.1. The van der Waals surface area contributed by atoms with Gasteiger partial charge in [0.05, 0.1) is 24.4 Å². The smallest absolute Gasteiger partial charge is 0.427 e. The lowest BCUT2D eigenvalue weighted by molar-refractivity contribution is 0.152. The molecule has 1 amide bonds. The first-order valence-electron chi connectivity index (χ1n) is 5.95. The quantitative estimate of drug-likeness (QED) is 0.668. The fourth-order valence-corrected chi connectivity index (χ4v) is 1.59. The van der Waals surface area contributed by atoms with Gasteiger partial charge in [-0.25, -0.2) is 14.9 Å². The Morgan fingerprint density at radius 3 is 3.05 bits per heavy atom. The summed E-state index contributed by atoms with van der Waals surface area (Å²) >= 11 is 0. The second kappa shape index (κ2) is 5.94. The van der Waals surface area contributed by atoms with Crippen molar-refractivity contribution in [3.8, 4) is 0 Å². The molecule has 0 aliphatic rings. The number of benzene rings is 1. The van der Waals surface area contributed by atoms with Crippen molar-refractivity contribution in [1.29, 1.82) is 0 Å². The van der Waals surface area contributed by atoms with Gasteiger partial charge in [-0.05, 0) is 26.0 Å². The minimum absolute atomic E-state index is 0.314. The van der Waals surface area contributed by atoms with Crippen LogP contribution >= 0.6 is 0 Å². The van der Waals surface area contributed by atoms with Gasteiger partial charge in [0.15, 0.2) is 0 Å². The van der Waals surface area contributed by atoms with E-state index in [0.717, 1.165) is 11.0 Å². The van der Waals surface area contributed by atoms with E-state index >= 15 is 0 Å². The van der Waals surface area contributed by atoms with Crippen molar-refractivity contribution >= 4 is 22.8 Å². The molecule has 100 valence electrons. The van der Waals surface area contributed by atoms with Crippen LogP contribution < -0.4 is 5.43 Å². The highest BCUT2D eigenvalue weighted by Crippen LogP contribution is 2.09. The van der Waals surface area contributed by atoms with Gasteiger partial charge in [-0.1, -0.05) is 17.3 Å². The molecule has 0 atom stereocenters. The molecule has 0 aliphatic carbocycles. The van der Waals surface area contributed by atoms with Crippen LogP contribution in [0.5, 0.6) is 0 Å². The molecular formula is C12H15N5O2. The number of fused-ring (bicyclic) bond motifs is 1. The summed E-state index contributed by atoms with van der Waals surface area (Å²) in [7, 11) is 0. The number of ether oxygens (including phenoxy) is 1. The van der Waals surface area contributed by atoms with E-state index in [4.69, 9.17) is 4.74 Å². The number of hydrogen-bond acceptors (Lipinski definition) is 5. The molecule has 2 aromatic rings.